The fourth-order valence-corrected chi connectivity index (χ4v) is 0.863. The highest BCUT2D eigenvalue weighted by atomic mass is 32.3. The standard InChI is InChI=1S/C6H14O7S.H2O/c7-1-2-11-3-4-12-5-6-13-14(8,9)10;/h7H,1-6H2,(H,8,9,10);1H2. The molecule has 0 bridgehead atoms. The molecule has 0 aromatic carbocycles. The highest BCUT2D eigenvalue weighted by Gasteiger charge is 2.02. The second-order valence-corrected chi connectivity index (χ2v) is 3.29. The summed E-state index contributed by atoms with van der Waals surface area (Å²) in [5, 5.41) is 8.32. The van der Waals surface area contributed by atoms with Gasteiger partial charge in [-0.3, -0.25) is 4.55 Å². The monoisotopic (exact) mass is 248 g/mol. The van der Waals surface area contributed by atoms with Crippen LogP contribution in [0.3, 0.4) is 0 Å². The van der Waals surface area contributed by atoms with Crippen LogP contribution in [-0.2, 0) is 24.1 Å². The lowest BCUT2D eigenvalue weighted by molar-refractivity contribution is 0.0243. The zero-order valence-electron chi connectivity index (χ0n) is 8.09. The number of aliphatic hydroxyl groups is 1. The molecule has 8 nitrogen and oxygen atoms in total. The van der Waals surface area contributed by atoms with Crippen LogP contribution in [0.25, 0.3) is 0 Å². The van der Waals surface area contributed by atoms with Crippen LogP contribution in [0.5, 0.6) is 0 Å². The Morgan fingerprint density at radius 2 is 1.40 bits per heavy atom. The van der Waals surface area contributed by atoms with Crippen LogP contribution in [0.15, 0.2) is 0 Å². The molecular formula is C6H16O8S. The van der Waals surface area contributed by atoms with Gasteiger partial charge >= 0.3 is 10.4 Å². The van der Waals surface area contributed by atoms with Crippen molar-refractivity contribution < 1.29 is 37.2 Å². The van der Waals surface area contributed by atoms with Gasteiger partial charge in [0.15, 0.2) is 0 Å². The van der Waals surface area contributed by atoms with Crippen molar-refractivity contribution in [2.24, 2.45) is 0 Å². The first kappa shape index (κ1) is 17.1. The van der Waals surface area contributed by atoms with E-state index in [0.717, 1.165) is 0 Å². The van der Waals surface area contributed by atoms with Crippen LogP contribution in [0, 0.1) is 0 Å². The van der Waals surface area contributed by atoms with Gasteiger partial charge in [-0.1, -0.05) is 0 Å². The normalized spacial score (nSPS) is 11.1. The molecule has 0 aliphatic carbocycles. The summed E-state index contributed by atoms with van der Waals surface area (Å²) in [5.41, 5.74) is 0. The van der Waals surface area contributed by atoms with E-state index in [2.05, 4.69) is 4.18 Å². The molecule has 0 fully saturated rings. The van der Waals surface area contributed by atoms with E-state index in [0.29, 0.717) is 6.61 Å². The highest BCUT2D eigenvalue weighted by molar-refractivity contribution is 7.80. The first-order chi connectivity index (χ1) is 6.56. The number of rotatable bonds is 9. The van der Waals surface area contributed by atoms with Crippen molar-refractivity contribution in [3.63, 3.8) is 0 Å². The Balaban J connectivity index is 0. The van der Waals surface area contributed by atoms with Gasteiger partial charge in [-0.2, -0.15) is 8.42 Å². The van der Waals surface area contributed by atoms with E-state index in [4.69, 9.17) is 19.1 Å². The molecule has 0 unspecified atom stereocenters. The largest absolute Gasteiger partial charge is 0.412 e. The first-order valence-electron chi connectivity index (χ1n) is 3.94. The van der Waals surface area contributed by atoms with Crippen molar-refractivity contribution >= 4 is 10.4 Å². The predicted molar refractivity (Wildman–Crippen MR) is 49.8 cm³/mol. The number of hydrogen-bond acceptors (Lipinski definition) is 6. The smallest absolute Gasteiger partial charge is 0.397 e. The van der Waals surface area contributed by atoms with Gasteiger partial charge < -0.3 is 20.1 Å². The maximum atomic E-state index is 10.0. The minimum Gasteiger partial charge on any atom is -0.412 e. The lowest BCUT2D eigenvalue weighted by atomic mass is 10.7. The summed E-state index contributed by atoms with van der Waals surface area (Å²) in [5.74, 6) is 0. The Morgan fingerprint density at radius 3 is 1.87 bits per heavy atom. The highest BCUT2D eigenvalue weighted by Crippen LogP contribution is 1.86. The molecule has 0 aliphatic heterocycles. The van der Waals surface area contributed by atoms with Gasteiger partial charge in [-0.05, 0) is 0 Å². The van der Waals surface area contributed by atoms with Gasteiger partial charge in [-0.25, -0.2) is 4.18 Å². The van der Waals surface area contributed by atoms with Crippen molar-refractivity contribution in [2.75, 3.05) is 39.6 Å². The van der Waals surface area contributed by atoms with E-state index < -0.39 is 10.4 Å². The van der Waals surface area contributed by atoms with Crippen LogP contribution in [0.2, 0.25) is 0 Å². The Kier molecular flexibility index (Phi) is 11.7. The van der Waals surface area contributed by atoms with Crippen LogP contribution >= 0.6 is 0 Å². The minimum absolute atomic E-state index is 0. The molecule has 0 radical (unpaired) electrons. The maximum absolute atomic E-state index is 10.0. The van der Waals surface area contributed by atoms with Gasteiger partial charge in [0.2, 0.25) is 0 Å². The van der Waals surface area contributed by atoms with Gasteiger partial charge in [0.1, 0.15) is 0 Å². The fraction of sp³-hybridized carbons (Fsp3) is 1.00. The summed E-state index contributed by atoms with van der Waals surface area (Å²) in [6.45, 7) is 0.582. The maximum Gasteiger partial charge on any atom is 0.397 e. The lowest BCUT2D eigenvalue weighted by Gasteiger charge is -2.03. The van der Waals surface area contributed by atoms with E-state index in [1.807, 2.05) is 0 Å². The number of hydrogen-bond donors (Lipinski definition) is 2. The van der Waals surface area contributed by atoms with Crippen LogP contribution in [-0.4, -0.2) is 63.2 Å². The summed E-state index contributed by atoms with van der Waals surface area (Å²) in [4.78, 5) is 0. The van der Waals surface area contributed by atoms with Crippen LogP contribution in [0.1, 0.15) is 0 Å². The molecule has 0 heterocycles. The minimum atomic E-state index is -4.37. The van der Waals surface area contributed by atoms with Crippen molar-refractivity contribution in [3.8, 4) is 0 Å². The molecule has 9 heteroatoms. The van der Waals surface area contributed by atoms with Crippen molar-refractivity contribution in [2.45, 2.75) is 0 Å². The molecular weight excluding hydrogens is 232 g/mol. The summed E-state index contributed by atoms with van der Waals surface area (Å²) in [7, 11) is -4.37. The molecule has 0 aromatic heterocycles. The Hall–Kier alpha value is -0.290. The third kappa shape index (κ3) is 16.4. The molecule has 15 heavy (non-hydrogen) atoms. The van der Waals surface area contributed by atoms with Crippen molar-refractivity contribution in [1.29, 1.82) is 0 Å². The van der Waals surface area contributed by atoms with Crippen LogP contribution in [0.4, 0.5) is 0 Å². The Bertz CT molecular complexity index is 213. The van der Waals surface area contributed by atoms with Crippen LogP contribution < -0.4 is 0 Å². The molecule has 0 saturated heterocycles. The van der Waals surface area contributed by atoms with Crippen molar-refractivity contribution in [3.05, 3.63) is 0 Å². The first-order valence-corrected chi connectivity index (χ1v) is 5.31. The Labute approximate surface area is 88.0 Å². The van der Waals surface area contributed by atoms with Gasteiger partial charge in [-0.15, -0.1) is 0 Å². The van der Waals surface area contributed by atoms with Gasteiger partial charge in [0, 0.05) is 0 Å². The summed E-state index contributed by atoms with van der Waals surface area (Å²) < 4.78 is 41.9. The zero-order chi connectivity index (χ0) is 10.9. The predicted octanol–water partition coefficient (Wildman–Crippen LogP) is -1.99. The second kappa shape index (κ2) is 10.2. The van der Waals surface area contributed by atoms with Gasteiger partial charge in [0.05, 0.1) is 39.6 Å². The van der Waals surface area contributed by atoms with E-state index in [-0.39, 0.29) is 38.5 Å². The number of aliphatic hydroxyl groups excluding tert-OH is 1. The Morgan fingerprint density at radius 1 is 0.933 bits per heavy atom. The zero-order valence-corrected chi connectivity index (χ0v) is 8.90. The number of ether oxygens (including phenoxy) is 2. The van der Waals surface area contributed by atoms with E-state index >= 15 is 0 Å². The molecule has 0 spiro atoms. The van der Waals surface area contributed by atoms with E-state index in [1.165, 1.54) is 0 Å². The molecule has 0 rings (SSSR count). The van der Waals surface area contributed by atoms with Crippen molar-refractivity contribution in [1.82, 2.24) is 0 Å². The molecule has 94 valence electrons. The van der Waals surface area contributed by atoms with E-state index in [1.54, 1.807) is 0 Å². The third-order valence-electron chi connectivity index (χ3n) is 1.07. The second-order valence-electron chi connectivity index (χ2n) is 2.20. The molecule has 0 atom stereocenters. The average Bonchev–Trinajstić information content (AvgIpc) is 2.08. The summed E-state index contributed by atoms with van der Waals surface area (Å²) in [6, 6.07) is 0. The average molecular weight is 248 g/mol. The van der Waals surface area contributed by atoms with Gasteiger partial charge in [0.25, 0.3) is 0 Å². The summed E-state index contributed by atoms with van der Waals surface area (Å²) >= 11 is 0. The molecule has 0 amide bonds. The topological polar surface area (TPSA) is 134 Å². The lowest BCUT2D eigenvalue weighted by Crippen LogP contribution is -2.13. The van der Waals surface area contributed by atoms with E-state index in [9.17, 15) is 8.42 Å². The quantitative estimate of drug-likeness (QED) is 0.356. The molecule has 4 N–H and O–H groups in total. The molecule has 0 saturated carbocycles. The molecule has 0 aliphatic rings. The molecule has 0 aromatic rings. The SMILES string of the molecule is O.O=S(=O)(O)OCCOCCOCCO. The fourth-order valence-electron chi connectivity index (χ4n) is 0.585. The third-order valence-corrected chi connectivity index (χ3v) is 1.53. The summed E-state index contributed by atoms with van der Waals surface area (Å²) in [6.07, 6.45) is 0.